The van der Waals surface area contributed by atoms with Crippen LogP contribution in [0.2, 0.25) is 0 Å². The third-order valence-electron chi connectivity index (χ3n) is 3.04. The Labute approximate surface area is 122 Å². The van der Waals surface area contributed by atoms with Crippen LogP contribution in [0, 0.1) is 5.92 Å². The van der Waals surface area contributed by atoms with Gasteiger partial charge >= 0.3 is 0 Å². The molecular weight excluding hydrogens is 254 g/mol. The molecule has 1 aromatic heterocycles. The molecule has 0 fully saturated rings. The molecule has 0 bridgehead atoms. The number of hydrogen-bond donors (Lipinski definition) is 1. The Bertz CT molecular complexity index is 353. The Balaban J connectivity index is 2.46. The van der Waals surface area contributed by atoms with Crippen LogP contribution in [0.3, 0.4) is 0 Å². The van der Waals surface area contributed by atoms with Gasteiger partial charge in [-0.05, 0) is 32.2 Å². The fraction of sp³-hybridized carbons (Fsp3) is 0.867. The summed E-state index contributed by atoms with van der Waals surface area (Å²) in [5.74, 6) is 2.13. The Morgan fingerprint density at radius 2 is 2.10 bits per heavy atom. The van der Waals surface area contributed by atoms with Crippen LogP contribution in [0.5, 0.6) is 0 Å². The molecule has 0 aliphatic heterocycles. The summed E-state index contributed by atoms with van der Waals surface area (Å²) in [5.41, 5.74) is 0. The molecule has 0 radical (unpaired) electrons. The normalized spacial score (nSPS) is 13.1. The number of ether oxygens (including phenoxy) is 1. The predicted molar refractivity (Wildman–Crippen MR) is 79.7 cm³/mol. The summed E-state index contributed by atoms with van der Waals surface area (Å²) in [6, 6.07) is 0.412. The van der Waals surface area contributed by atoms with Crippen LogP contribution in [0.25, 0.3) is 0 Å². The standard InChI is InChI=1S/C15H29N3O2/c1-5-8-16-13(10-12(3)4)11-15-17-14(18-20-15)7-9-19-6-2/h12-13,16H,5-11H2,1-4H3. The van der Waals surface area contributed by atoms with Crippen LogP contribution in [0.15, 0.2) is 4.52 Å². The van der Waals surface area contributed by atoms with Crippen molar-refractivity contribution in [3.63, 3.8) is 0 Å². The van der Waals surface area contributed by atoms with E-state index in [1.54, 1.807) is 0 Å². The maximum atomic E-state index is 5.33. The lowest BCUT2D eigenvalue weighted by Crippen LogP contribution is -2.33. The van der Waals surface area contributed by atoms with E-state index in [1.807, 2.05) is 6.92 Å². The van der Waals surface area contributed by atoms with Crippen LogP contribution in [-0.4, -0.2) is 35.9 Å². The molecule has 5 nitrogen and oxygen atoms in total. The lowest BCUT2D eigenvalue weighted by Gasteiger charge is -2.18. The first-order valence-corrected chi connectivity index (χ1v) is 7.78. The van der Waals surface area contributed by atoms with Gasteiger partial charge in [-0.1, -0.05) is 25.9 Å². The second kappa shape index (κ2) is 9.88. The molecular formula is C15H29N3O2. The van der Waals surface area contributed by atoms with E-state index < -0.39 is 0 Å². The van der Waals surface area contributed by atoms with Gasteiger partial charge in [-0.15, -0.1) is 0 Å². The van der Waals surface area contributed by atoms with Crippen molar-refractivity contribution in [3.05, 3.63) is 11.7 Å². The highest BCUT2D eigenvalue weighted by molar-refractivity contribution is 4.90. The molecule has 5 heteroatoms. The van der Waals surface area contributed by atoms with Crippen LogP contribution in [-0.2, 0) is 17.6 Å². The zero-order valence-corrected chi connectivity index (χ0v) is 13.3. The van der Waals surface area contributed by atoms with Crippen LogP contribution in [0.4, 0.5) is 0 Å². The van der Waals surface area contributed by atoms with Crippen LogP contribution >= 0.6 is 0 Å². The largest absolute Gasteiger partial charge is 0.381 e. The van der Waals surface area contributed by atoms with Crippen molar-refractivity contribution in [2.75, 3.05) is 19.8 Å². The second-order valence-electron chi connectivity index (χ2n) is 5.54. The summed E-state index contributed by atoms with van der Waals surface area (Å²) in [7, 11) is 0. The quantitative estimate of drug-likeness (QED) is 0.633. The van der Waals surface area contributed by atoms with Gasteiger partial charge in [0.25, 0.3) is 0 Å². The maximum absolute atomic E-state index is 5.33. The minimum absolute atomic E-state index is 0.412. The van der Waals surface area contributed by atoms with Gasteiger partial charge in [0.1, 0.15) is 0 Å². The van der Waals surface area contributed by atoms with Gasteiger partial charge in [0, 0.05) is 25.5 Å². The second-order valence-corrected chi connectivity index (χ2v) is 5.54. The number of rotatable bonds is 11. The summed E-state index contributed by atoms with van der Waals surface area (Å²) in [6.45, 7) is 11.0. The molecule has 116 valence electrons. The zero-order valence-electron chi connectivity index (χ0n) is 13.3. The average Bonchev–Trinajstić information content (AvgIpc) is 2.83. The third kappa shape index (κ3) is 7.01. The van der Waals surface area contributed by atoms with Crippen LogP contribution < -0.4 is 5.32 Å². The monoisotopic (exact) mass is 283 g/mol. The van der Waals surface area contributed by atoms with Gasteiger partial charge in [0.15, 0.2) is 5.82 Å². The first-order chi connectivity index (χ1) is 9.65. The van der Waals surface area contributed by atoms with Crippen molar-refractivity contribution in [3.8, 4) is 0 Å². The smallest absolute Gasteiger partial charge is 0.228 e. The van der Waals surface area contributed by atoms with Crippen molar-refractivity contribution in [1.82, 2.24) is 15.5 Å². The third-order valence-corrected chi connectivity index (χ3v) is 3.04. The molecule has 1 rings (SSSR count). The molecule has 1 aromatic rings. The average molecular weight is 283 g/mol. The molecule has 1 N–H and O–H groups in total. The molecule has 0 saturated heterocycles. The van der Waals surface area contributed by atoms with Crippen LogP contribution in [0.1, 0.15) is 52.3 Å². The zero-order chi connectivity index (χ0) is 14.8. The van der Waals surface area contributed by atoms with E-state index in [0.29, 0.717) is 25.0 Å². The highest BCUT2D eigenvalue weighted by atomic mass is 16.5. The van der Waals surface area contributed by atoms with E-state index in [1.165, 1.54) is 0 Å². The first kappa shape index (κ1) is 17.1. The van der Waals surface area contributed by atoms with Gasteiger partial charge in [-0.3, -0.25) is 0 Å². The van der Waals surface area contributed by atoms with Gasteiger partial charge in [-0.25, -0.2) is 0 Å². The summed E-state index contributed by atoms with van der Waals surface area (Å²) in [6.07, 6.45) is 3.78. The molecule has 0 aliphatic rings. The Morgan fingerprint density at radius 1 is 1.30 bits per heavy atom. The van der Waals surface area contributed by atoms with E-state index in [-0.39, 0.29) is 0 Å². The topological polar surface area (TPSA) is 60.2 Å². The molecule has 0 saturated carbocycles. The molecule has 1 atom stereocenters. The first-order valence-electron chi connectivity index (χ1n) is 7.78. The van der Waals surface area contributed by atoms with Crippen molar-refractivity contribution in [2.24, 2.45) is 5.92 Å². The van der Waals surface area contributed by atoms with Crippen molar-refractivity contribution in [1.29, 1.82) is 0 Å². The van der Waals surface area contributed by atoms with Gasteiger partial charge < -0.3 is 14.6 Å². The van der Waals surface area contributed by atoms with Gasteiger partial charge in [0.2, 0.25) is 5.89 Å². The highest BCUT2D eigenvalue weighted by Crippen LogP contribution is 2.10. The Kier molecular flexibility index (Phi) is 8.46. The number of nitrogens with one attached hydrogen (secondary N) is 1. The van der Waals surface area contributed by atoms with Crippen molar-refractivity contribution in [2.45, 2.75) is 59.4 Å². The summed E-state index contributed by atoms with van der Waals surface area (Å²) in [5, 5.41) is 7.56. The summed E-state index contributed by atoms with van der Waals surface area (Å²) in [4.78, 5) is 4.44. The molecule has 20 heavy (non-hydrogen) atoms. The summed E-state index contributed by atoms with van der Waals surface area (Å²) < 4.78 is 10.6. The van der Waals surface area contributed by atoms with E-state index in [9.17, 15) is 0 Å². The van der Waals surface area contributed by atoms with E-state index in [4.69, 9.17) is 9.26 Å². The van der Waals surface area contributed by atoms with Gasteiger partial charge in [0.05, 0.1) is 6.61 Å². The SMILES string of the molecule is CCCNC(Cc1nc(CCOCC)no1)CC(C)C. The lowest BCUT2D eigenvalue weighted by atomic mass is 10.0. The Hall–Kier alpha value is -0.940. The van der Waals surface area contributed by atoms with E-state index in [2.05, 4.69) is 36.2 Å². The number of hydrogen-bond acceptors (Lipinski definition) is 5. The predicted octanol–water partition coefficient (Wildman–Crippen LogP) is 2.61. The van der Waals surface area contributed by atoms with E-state index in [0.717, 1.165) is 44.1 Å². The lowest BCUT2D eigenvalue weighted by molar-refractivity contribution is 0.149. The minimum atomic E-state index is 0.412. The fourth-order valence-electron chi connectivity index (χ4n) is 2.15. The molecule has 0 amide bonds. The van der Waals surface area contributed by atoms with Gasteiger partial charge in [-0.2, -0.15) is 4.98 Å². The molecule has 0 aromatic carbocycles. The molecule has 0 spiro atoms. The van der Waals surface area contributed by atoms with Crippen molar-refractivity contribution >= 4 is 0 Å². The van der Waals surface area contributed by atoms with Crippen molar-refractivity contribution < 1.29 is 9.26 Å². The number of nitrogens with zero attached hydrogens (tertiary/aromatic N) is 2. The Morgan fingerprint density at radius 3 is 2.75 bits per heavy atom. The highest BCUT2D eigenvalue weighted by Gasteiger charge is 2.15. The van der Waals surface area contributed by atoms with E-state index >= 15 is 0 Å². The minimum Gasteiger partial charge on any atom is -0.381 e. The molecule has 1 heterocycles. The maximum Gasteiger partial charge on any atom is 0.228 e. The molecule has 1 unspecified atom stereocenters. The summed E-state index contributed by atoms with van der Waals surface area (Å²) >= 11 is 0. The number of aromatic nitrogens is 2. The molecule has 0 aliphatic carbocycles. The fourth-order valence-corrected chi connectivity index (χ4v) is 2.15.